The van der Waals surface area contributed by atoms with Gasteiger partial charge in [0.2, 0.25) is 53.2 Å². The second-order valence-electron chi connectivity index (χ2n) is 16.4. The van der Waals surface area contributed by atoms with Crippen LogP contribution in [0.25, 0.3) is 0 Å². The first-order valence-corrected chi connectivity index (χ1v) is 21.7. The van der Waals surface area contributed by atoms with Crippen molar-refractivity contribution in [2.24, 2.45) is 17.2 Å². The predicted molar refractivity (Wildman–Crippen MR) is 226 cm³/mol. The normalized spacial score (nSPS) is 27.4. The number of amides is 9. The van der Waals surface area contributed by atoms with E-state index in [1.165, 1.54) is 20.8 Å². The number of carboxylic acids is 1. The molecule has 0 radical (unpaired) electrons. The Morgan fingerprint density at radius 1 is 0.765 bits per heavy atom. The number of primary amides is 2. The van der Waals surface area contributed by atoms with Crippen LogP contribution >= 0.6 is 0 Å². The second kappa shape index (κ2) is 26.8. The van der Waals surface area contributed by atoms with E-state index in [4.69, 9.17) is 46.0 Å². The van der Waals surface area contributed by atoms with Crippen LogP contribution in [0.1, 0.15) is 66.2 Å². The Morgan fingerprint density at radius 3 is 2.03 bits per heavy atom. The van der Waals surface area contributed by atoms with Crippen LogP contribution in [0.15, 0.2) is 0 Å². The zero-order chi connectivity index (χ0) is 51.0. The quantitative estimate of drug-likeness (QED) is 0.0340. The zero-order valence-corrected chi connectivity index (χ0v) is 37.9. The van der Waals surface area contributed by atoms with Crippen molar-refractivity contribution in [2.75, 3.05) is 26.3 Å². The van der Waals surface area contributed by atoms with Crippen LogP contribution in [0.4, 0.5) is 0 Å². The molecule has 0 aromatic heterocycles. The van der Waals surface area contributed by atoms with E-state index in [0.717, 1.165) is 6.92 Å². The van der Waals surface area contributed by atoms with E-state index in [0.29, 0.717) is 0 Å². The molecular formula is C39H64N10O19. The molecule has 0 aromatic rings. The van der Waals surface area contributed by atoms with Crippen molar-refractivity contribution in [1.82, 2.24) is 37.2 Å². The maximum absolute atomic E-state index is 13.5. The SMILES string of the molecule is CC(=O)NC1C(OC2C3COC(O3)C(NC(C)=O)C2OC(C)C(=O)NC(C)C(=O)NC(CCC(=O)NC(CCCCNC(=O)C(N)CC(N)=O)C(=O)NCC(=O)O)C(N)=O)OC(CO)C(O)C1O. The van der Waals surface area contributed by atoms with E-state index < -0.39 is 170 Å². The number of nitrogens with one attached hydrogen (secondary N) is 7. The second-order valence-corrected chi connectivity index (χ2v) is 16.4. The third-order valence-corrected chi connectivity index (χ3v) is 10.8. The summed E-state index contributed by atoms with van der Waals surface area (Å²) >= 11 is 0. The van der Waals surface area contributed by atoms with Crippen molar-refractivity contribution in [3.63, 3.8) is 0 Å². The molecule has 9 amide bonds. The van der Waals surface area contributed by atoms with Crippen molar-refractivity contribution in [3.8, 4) is 0 Å². The topological polar surface area (TPSA) is 460 Å². The molecule has 0 spiro atoms. The third-order valence-electron chi connectivity index (χ3n) is 10.8. The first kappa shape index (κ1) is 56.7. The lowest BCUT2D eigenvalue weighted by Gasteiger charge is -2.47. The number of nitrogens with two attached hydrogens (primary N) is 3. The van der Waals surface area contributed by atoms with Gasteiger partial charge in [0, 0.05) is 26.8 Å². The summed E-state index contributed by atoms with van der Waals surface area (Å²) in [6.07, 6.45) is -13.0. The largest absolute Gasteiger partial charge is 0.480 e. The molecule has 29 heteroatoms. The highest BCUT2D eigenvalue weighted by atomic mass is 16.8. The van der Waals surface area contributed by atoms with Crippen LogP contribution in [0.2, 0.25) is 0 Å². The van der Waals surface area contributed by atoms with Gasteiger partial charge in [0.15, 0.2) is 12.6 Å². The molecule has 29 nitrogen and oxygen atoms in total. The molecule has 3 aliphatic heterocycles. The molecule has 2 bridgehead atoms. The third kappa shape index (κ3) is 17.1. The van der Waals surface area contributed by atoms with Crippen molar-refractivity contribution in [1.29, 1.82) is 0 Å². The minimum atomic E-state index is -1.68. The fourth-order valence-electron chi connectivity index (χ4n) is 7.32. The van der Waals surface area contributed by atoms with Gasteiger partial charge in [-0.25, -0.2) is 0 Å². The smallest absolute Gasteiger partial charge is 0.322 e. The maximum atomic E-state index is 13.5. The van der Waals surface area contributed by atoms with E-state index in [-0.39, 0.29) is 45.3 Å². The lowest BCUT2D eigenvalue weighted by molar-refractivity contribution is -0.313. The zero-order valence-electron chi connectivity index (χ0n) is 37.9. The molecule has 3 saturated heterocycles. The monoisotopic (exact) mass is 976 g/mol. The van der Waals surface area contributed by atoms with Gasteiger partial charge in [-0.1, -0.05) is 0 Å². The van der Waals surface area contributed by atoms with Crippen molar-refractivity contribution in [3.05, 3.63) is 0 Å². The van der Waals surface area contributed by atoms with Crippen LogP contribution in [-0.2, 0) is 71.6 Å². The highest BCUT2D eigenvalue weighted by Crippen LogP contribution is 2.35. The highest BCUT2D eigenvalue weighted by Gasteiger charge is 2.56. The number of aliphatic carboxylic acids is 1. The Morgan fingerprint density at radius 2 is 1.43 bits per heavy atom. The molecule has 3 fully saturated rings. The molecule has 0 aromatic carbocycles. The Balaban J connectivity index is 1.64. The van der Waals surface area contributed by atoms with Gasteiger partial charge in [-0.2, -0.15) is 0 Å². The number of rotatable bonds is 27. The van der Waals surface area contributed by atoms with Crippen molar-refractivity contribution in [2.45, 2.75) is 158 Å². The minimum absolute atomic E-state index is 0.0189. The minimum Gasteiger partial charge on any atom is -0.480 e. The molecule has 0 saturated carbocycles. The predicted octanol–water partition coefficient (Wildman–Crippen LogP) is -8.22. The summed E-state index contributed by atoms with van der Waals surface area (Å²) < 4.78 is 29.7. The first-order valence-electron chi connectivity index (χ1n) is 21.7. The molecular weight excluding hydrogens is 912 g/mol. The number of carboxylic acid groups (broad SMARTS) is 1. The highest BCUT2D eigenvalue weighted by molar-refractivity contribution is 5.93. The van der Waals surface area contributed by atoms with Crippen molar-refractivity contribution >= 4 is 59.1 Å². The number of fused-ring (bicyclic) bond motifs is 2. The van der Waals surface area contributed by atoms with Crippen molar-refractivity contribution < 1.29 is 92.1 Å². The summed E-state index contributed by atoms with van der Waals surface area (Å²) in [6, 6.07) is -7.76. The van der Waals surface area contributed by atoms with E-state index in [1.54, 1.807) is 0 Å². The summed E-state index contributed by atoms with van der Waals surface area (Å²) in [5.41, 5.74) is 16.2. The first-order chi connectivity index (χ1) is 31.9. The average molecular weight is 977 g/mol. The number of carbonyl (C=O) groups excluding carboxylic acids is 9. The number of aliphatic hydroxyl groups is 3. The number of unbranched alkanes of at least 4 members (excludes halogenated alkanes) is 1. The number of carbonyl (C=O) groups is 10. The Bertz CT molecular complexity index is 1830. The Hall–Kier alpha value is -5.66. The van der Waals surface area contributed by atoms with Gasteiger partial charge in [-0.05, 0) is 39.5 Å². The van der Waals surface area contributed by atoms with E-state index >= 15 is 0 Å². The summed E-state index contributed by atoms with van der Waals surface area (Å²) in [4.78, 5) is 123. The lowest BCUT2D eigenvalue weighted by Crippen LogP contribution is -2.68. The summed E-state index contributed by atoms with van der Waals surface area (Å²) in [7, 11) is 0. The molecule has 0 aliphatic carbocycles. The Labute approximate surface area is 389 Å². The summed E-state index contributed by atoms with van der Waals surface area (Å²) in [5, 5.41) is 57.1. The van der Waals surface area contributed by atoms with Gasteiger partial charge >= 0.3 is 5.97 Å². The molecule has 3 heterocycles. The van der Waals surface area contributed by atoms with E-state index in [9.17, 15) is 63.3 Å². The summed E-state index contributed by atoms with van der Waals surface area (Å²) in [5.74, 6) is -8.43. The number of hydrogen-bond acceptors (Lipinski definition) is 19. The molecule has 17 N–H and O–H groups in total. The van der Waals surface area contributed by atoms with Gasteiger partial charge < -0.3 is 98.5 Å². The standard InChI is InChI=1S/C39H64N10O19/c1-15(34(60)49-20(33(42)59)8-9-25(54)48-21(37(63)44-12-26(55)56)7-5-6-10-43-36(62)19(40)11-24(41)53)45-35(61)16(2)65-32-28(47-18(4)52)38-64-14-23(67-38)31(32)68-39-27(46-17(3)51)30(58)29(57)22(13-50)66-39/h15-16,19-23,27-32,38-39,50,57-58H,5-14,40H2,1-4H3,(H2,41,53)(H2,42,59)(H,43,62)(H,44,63)(H,45,61)(H,46,51)(H,47,52)(H,48,54)(H,49,60)(H,55,56). The fourth-order valence-corrected chi connectivity index (χ4v) is 7.32. The van der Waals surface area contributed by atoms with Crippen LogP contribution in [0.5, 0.6) is 0 Å². The summed E-state index contributed by atoms with van der Waals surface area (Å²) in [6.45, 7) is 3.38. The fraction of sp³-hybridized carbons (Fsp3) is 0.744. The van der Waals surface area contributed by atoms with Crippen LogP contribution in [0, 0.1) is 0 Å². The lowest BCUT2D eigenvalue weighted by atomic mass is 9.95. The van der Waals surface area contributed by atoms with Gasteiger partial charge in [-0.3, -0.25) is 47.9 Å². The van der Waals surface area contributed by atoms with E-state index in [1.807, 2.05) is 0 Å². The Kier molecular flexibility index (Phi) is 22.3. The van der Waals surface area contributed by atoms with Gasteiger partial charge in [0.1, 0.15) is 79.5 Å². The van der Waals surface area contributed by atoms with Crippen LogP contribution in [-0.4, -0.2) is 197 Å². The molecule has 384 valence electrons. The molecule has 15 atom stereocenters. The number of aliphatic hydroxyl groups excluding tert-OH is 3. The van der Waals surface area contributed by atoms with Gasteiger partial charge in [0.05, 0.1) is 25.7 Å². The molecule has 15 unspecified atom stereocenters. The van der Waals surface area contributed by atoms with E-state index in [2.05, 4.69) is 37.2 Å². The molecule has 68 heavy (non-hydrogen) atoms. The number of hydrogen-bond donors (Lipinski definition) is 14. The van der Waals surface area contributed by atoms with Crippen LogP contribution < -0.4 is 54.4 Å². The molecule has 3 rings (SSSR count). The van der Waals surface area contributed by atoms with Gasteiger partial charge in [-0.15, -0.1) is 0 Å². The van der Waals surface area contributed by atoms with Crippen LogP contribution in [0.3, 0.4) is 0 Å². The maximum Gasteiger partial charge on any atom is 0.322 e. The number of ether oxygens (including phenoxy) is 5. The average Bonchev–Trinajstić information content (AvgIpc) is 3.70. The van der Waals surface area contributed by atoms with Gasteiger partial charge in [0.25, 0.3) is 0 Å². The molecule has 3 aliphatic rings.